The lowest BCUT2D eigenvalue weighted by atomic mass is 10.1. The van der Waals surface area contributed by atoms with Crippen LogP contribution in [0.2, 0.25) is 0 Å². The highest BCUT2D eigenvalue weighted by Crippen LogP contribution is 2.19. The van der Waals surface area contributed by atoms with Crippen LogP contribution in [0.3, 0.4) is 0 Å². The van der Waals surface area contributed by atoms with Gasteiger partial charge in [0.25, 0.3) is 0 Å². The molecule has 2 N–H and O–H groups in total. The summed E-state index contributed by atoms with van der Waals surface area (Å²) in [5, 5.41) is 19.7. The zero-order valence-corrected chi connectivity index (χ0v) is 13.5. The minimum atomic E-state index is -1.04. The predicted octanol–water partition coefficient (Wildman–Crippen LogP) is 2.24. The monoisotopic (exact) mass is 304 g/mol. The molecule has 0 unspecified atom stereocenters. The van der Waals surface area contributed by atoms with E-state index in [1.807, 2.05) is 0 Å². The first kappa shape index (κ1) is 18.8. The summed E-state index contributed by atoms with van der Waals surface area (Å²) in [5.41, 5.74) is 0. The van der Waals surface area contributed by atoms with E-state index in [2.05, 4.69) is 6.92 Å². The van der Waals surface area contributed by atoms with Crippen molar-refractivity contribution < 1.29 is 24.4 Å². The Kier molecular flexibility index (Phi) is 10.2. The van der Waals surface area contributed by atoms with Gasteiger partial charge >= 0.3 is 0 Å². The van der Waals surface area contributed by atoms with Gasteiger partial charge in [0.2, 0.25) is 0 Å². The van der Waals surface area contributed by atoms with Gasteiger partial charge in [-0.05, 0) is 6.42 Å². The fourth-order valence-electron chi connectivity index (χ4n) is 2.56. The Labute approximate surface area is 128 Å². The first-order valence-corrected chi connectivity index (χ1v) is 8.32. The number of aliphatic hydroxyl groups is 2. The molecule has 0 aromatic carbocycles. The Hall–Kier alpha value is -0.200. The van der Waals surface area contributed by atoms with Gasteiger partial charge in [-0.15, -0.1) is 0 Å². The SMILES string of the molecule is CCCCCCCCCCO[C@@H]1OC[C@@H](OC)[C@H](O)[C@H]1O. The molecule has 1 fully saturated rings. The summed E-state index contributed by atoms with van der Waals surface area (Å²) in [6.07, 6.45) is 6.69. The molecule has 5 heteroatoms. The van der Waals surface area contributed by atoms with Crippen LogP contribution in [0.25, 0.3) is 0 Å². The average Bonchev–Trinajstić information content (AvgIpc) is 2.50. The zero-order chi connectivity index (χ0) is 15.5. The normalized spacial score (nSPS) is 29.7. The third-order valence-corrected chi connectivity index (χ3v) is 4.02. The van der Waals surface area contributed by atoms with E-state index in [0.717, 1.165) is 12.8 Å². The molecule has 1 rings (SSSR count). The summed E-state index contributed by atoms with van der Waals surface area (Å²) < 4.78 is 15.9. The van der Waals surface area contributed by atoms with E-state index in [-0.39, 0.29) is 6.61 Å². The lowest BCUT2D eigenvalue weighted by Crippen LogP contribution is -2.54. The topological polar surface area (TPSA) is 68.2 Å². The first-order valence-electron chi connectivity index (χ1n) is 8.32. The van der Waals surface area contributed by atoms with E-state index in [9.17, 15) is 10.2 Å². The van der Waals surface area contributed by atoms with Crippen molar-refractivity contribution >= 4 is 0 Å². The average molecular weight is 304 g/mol. The number of hydrogen-bond donors (Lipinski definition) is 2. The lowest BCUT2D eigenvalue weighted by molar-refractivity contribution is -0.273. The third-order valence-electron chi connectivity index (χ3n) is 4.02. The fraction of sp³-hybridized carbons (Fsp3) is 1.00. The molecule has 1 aliphatic rings. The van der Waals surface area contributed by atoms with Crippen molar-refractivity contribution in [3.63, 3.8) is 0 Å². The van der Waals surface area contributed by atoms with Crippen molar-refractivity contribution in [3.8, 4) is 0 Å². The minimum absolute atomic E-state index is 0.247. The van der Waals surface area contributed by atoms with Crippen LogP contribution >= 0.6 is 0 Å². The number of rotatable bonds is 11. The van der Waals surface area contributed by atoms with Crippen LogP contribution in [-0.2, 0) is 14.2 Å². The van der Waals surface area contributed by atoms with Crippen LogP contribution < -0.4 is 0 Å². The van der Waals surface area contributed by atoms with Crippen LogP contribution in [-0.4, -0.2) is 55.1 Å². The number of methoxy groups -OCH3 is 1. The summed E-state index contributed by atoms with van der Waals surface area (Å²) in [5.74, 6) is 0. The molecule has 1 heterocycles. The van der Waals surface area contributed by atoms with Crippen LogP contribution in [0.15, 0.2) is 0 Å². The lowest BCUT2D eigenvalue weighted by Gasteiger charge is -2.36. The molecule has 0 aromatic heterocycles. The summed E-state index contributed by atoms with van der Waals surface area (Å²) in [4.78, 5) is 0. The van der Waals surface area contributed by atoms with Crippen LogP contribution in [0.4, 0.5) is 0 Å². The zero-order valence-electron chi connectivity index (χ0n) is 13.5. The van der Waals surface area contributed by atoms with Gasteiger partial charge < -0.3 is 24.4 Å². The molecule has 0 amide bonds. The second kappa shape index (κ2) is 11.4. The van der Waals surface area contributed by atoms with Gasteiger partial charge in [0.1, 0.15) is 18.3 Å². The second-order valence-corrected chi connectivity index (χ2v) is 5.80. The molecule has 0 bridgehead atoms. The second-order valence-electron chi connectivity index (χ2n) is 5.80. The highest BCUT2D eigenvalue weighted by Gasteiger charge is 2.39. The number of unbranched alkanes of at least 4 members (excludes halogenated alkanes) is 7. The Morgan fingerprint density at radius 1 is 0.952 bits per heavy atom. The summed E-state index contributed by atoms with van der Waals surface area (Å²) in [6.45, 7) is 3.03. The molecular formula is C16H32O5. The Morgan fingerprint density at radius 3 is 2.19 bits per heavy atom. The van der Waals surface area contributed by atoms with Gasteiger partial charge in [0.15, 0.2) is 6.29 Å². The first-order chi connectivity index (χ1) is 10.2. The van der Waals surface area contributed by atoms with E-state index in [0.29, 0.717) is 6.61 Å². The van der Waals surface area contributed by atoms with E-state index in [1.165, 1.54) is 45.6 Å². The van der Waals surface area contributed by atoms with E-state index in [4.69, 9.17) is 14.2 Å². The highest BCUT2D eigenvalue weighted by atomic mass is 16.7. The van der Waals surface area contributed by atoms with Crippen molar-refractivity contribution in [3.05, 3.63) is 0 Å². The van der Waals surface area contributed by atoms with Gasteiger partial charge in [-0.2, -0.15) is 0 Å². The van der Waals surface area contributed by atoms with Gasteiger partial charge in [-0.3, -0.25) is 0 Å². The van der Waals surface area contributed by atoms with Gasteiger partial charge in [-0.1, -0.05) is 51.9 Å². The smallest absolute Gasteiger partial charge is 0.186 e. The molecule has 5 nitrogen and oxygen atoms in total. The molecule has 0 aliphatic carbocycles. The molecule has 0 spiro atoms. The number of aliphatic hydroxyl groups excluding tert-OH is 2. The van der Waals surface area contributed by atoms with Crippen LogP contribution in [0.5, 0.6) is 0 Å². The third kappa shape index (κ3) is 7.06. The molecular weight excluding hydrogens is 272 g/mol. The number of hydrogen-bond acceptors (Lipinski definition) is 5. The standard InChI is InChI=1S/C16H32O5/c1-3-4-5-6-7-8-9-10-11-20-16-15(18)14(17)13(19-2)12-21-16/h13-18H,3-12H2,1-2H3/t13-,14+,15-,16-/m1/s1. The largest absolute Gasteiger partial charge is 0.387 e. The maximum absolute atomic E-state index is 9.88. The van der Waals surface area contributed by atoms with E-state index in [1.54, 1.807) is 0 Å². The minimum Gasteiger partial charge on any atom is -0.387 e. The summed E-state index contributed by atoms with van der Waals surface area (Å²) in [7, 11) is 1.49. The van der Waals surface area contributed by atoms with Crippen molar-refractivity contribution in [2.45, 2.75) is 82.9 Å². The molecule has 1 saturated heterocycles. The molecule has 0 radical (unpaired) electrons. The summed E-state index contributed by atoms with van der Waals surface area (Å²) >= 11 is 0. The summed E-state index contributed by atoms with van der Waals surface area (Å²) in [6, 6.07) is 0. The Bertz CT molecular complexity index is 249. The van der Waals surface area contributed by atoms with Crippen molar-refractivity contribution in [1.82, 2.24) is 0 Å². The molecule has 0 saturated carbocycles. The number of ether oxygens (including phenoxy) is 3. The fourth-order valence-corrected chi connectivity index (χ4v) is 2.56. The molecule has 126 valence electrons. The van der Waals surface area contributed by atoms with E-state index >= 15 is 0 Å². The molecule has 4 atom stereocenters. The van der Waals surface area contributed by atoms with Gasteiger partial charge in [0, 0.05) is 13.7 Å². The maximum atomic E-state index is 9.88. The maximum Gasteiger partial charge on any atom is 0.186 e. The molecule has 21 heavy (non-hydrogen) atoms. The van der Waals surface area contributed by atoms with Crippen LogP contribution in [0.1, 0.15) is 58.3 Å². The predicted molar refractivity (Wildman–Crippen MR) is 81.1 cm³/mol. The van der Waals surface area contributed by atoms with Crippen LogP contribution in [0, 0.1) is 0 Å². The molecule has 1 aliphatic heterocycles. The molecule has 0 aromatic rings. The van der Waals surface area contributed by atoms with Crippen molar-refractivity contribution in [2.75, 3.05) is 20.3 Å². The quantitative estimate of drug-likeness (QED) is 0.573. The highest BCUT2D eigenvalue weighted by molar-refractivity contribution is 4.83. The van der Waals surface area contributed by atoms with Crippen molar-refractivity contribution in [2.24, 2.45) is 0 Å². The van der Waals surface area contributed by atoms with Gasteiger partial charge in [0.05, 0.1) is 6.61 Å². The Morgan fingerprint density at radius 2 is 1.57 bits per heavy atom. The van der Waals surface area contributed by atoms with Crippen molar-refractivity contribution in [1.29, 1.82) is 0 Å². The Balaban J connectivity index is 2.00. The van der Waals surface area contributed by atoms with Gasteiger partial charge in [-0.25, -0.2) is 0 Å². The van der Waals surface area contributed by atoms with E-state index < -0.39 is 24.6 Å².